The number of nitrogens with zero attached hydrogens (tertiary/aromatic N) is 2. The van der Waals surface area contributed by atoms with E-state index in [1.807, 2.05) is 0 Å². The lowest BCUT2D eigenvalue weighted by atomic mass is 10.3. The lowest BCUT2D eigenvalue weighted by Crippen LogP contribution is -2.43. The number of para-hydroxylation sites is 1. The lowest BCUT2D eigenvalue weighted by molar-refractivity contribution is 0.224. The second-order valence-electron chi connectivity index (χ2n) is 5.03. The maximum atomic E-state index is 13.4. The van der Waals surface area contributed by atoms with Crippen molar-refractivity contribution in [1.29, 1.82) is 0 Å². The number of amides is 2. The molecule has 0 saturated heterocycles. The van der Waals surface area contributed by atoms with Crippen LogP contribution in [-0.2, 0) is 6.42 Å². The van der Waals surface area contributed by atoms with Gasteiger partial charge < -0.3 is 19.9 Å². The van der Waals surface area contributed by atoms with Crippen molar-refractivity contribution < 1.29 is 18.4 Å². The van der Waals surface area contributed by atoms with Crippen molar-refractivity contribution in [2.24, 2.45) is 0 Å². The summed E-state index contributed by atoms with van der Waals surface area (Å²) in [5.74, 6) is 0.759. The first-order valence-corrected chi connectivity index (χ1v) is 7.25. The molecule has 8 heteroatoms. The number of halogens is 1. The highest BCUT2D eigenvalue weighted by atomic mass is 19.1. The fraction of sp³-hybridized carbons (Fsp3) is 0.400. The second kappa shape index (κ2) is 8.11. The predicted octanol–water partition coefficient (Wildman–Crippen LogP) is 1.83. The molecule has 0 saturated carbocycles. The Kier molecular flexibility index (Phi) is 5.90. The third-order valence-corrected chi connectivity index (χ3v) is 2.90. The van der Waals surface area contributed by atoms with Gasteiger partial charge in [0.15, 0.2) is 17.4 Å². The van der Waals surface area contributed by atoms with Crippen molar-refractivity contribution in [3.05, 3.63) is 41.8 Å². The van der Waals surface area contributed by atoms with Gasteiger partial charge in [-0.3, -0.25) is 0 Å². The number of carbonyl (C=O) groups is 1. The van der Waals surface area contributed by atoms with E-state index in [-0.39, 0.29) is 24.4 Å². The van der Waals surface area contributed by atoms with Crippen molar-refractivity contribution in [3.63, 3.8) is 0 Å². The average molecular weight is 322 g/mol. The Morgan fingerprint density at radius 3 is 2.91 bits per heavy atom. The summed E-state index contributed by atoms with van der Waals surface area (Å²) in [7, 11) is 0. The zero-order chi connectivity index (χ0) is 16.7. The van der Waals surface area contributed by atoms with Crippen LogP contribution < -0.4 is 15.4 Å². The first kappa shape index (κ1) is 16.7. The monoisotopic (exact) mass is 322 g/mol. The molecule has 0 unspecified atom stereocenters. The van der Waals surface area contributed by atoms with Crippen LogP contribution in [0.2, 0.25) is 0 Å². The largest absolute Gasteiger partial charge is 0.488 e. The molecule has 0 spiro atoms. The zero-order valence-electron chi connectivity index (χ0n) is 13.0. The maximum absolute atomic E-state index is 13.4. The average Bonchev–Trinajstić information content (AvgIpc) is 2.92. The first-order chi connectivity index (χ1) is 11.0. The van der Waals surface area contributed by atoms with Gasteiger partial charge in [0.1, 0.15) is 6.61 Å². The number of rotatable bonds is 7. The Morgan fingerprint density at radius 1 is 1.43 bits per heavy atom. The van der Waals surface area contributed by atoms with Gasteiger partial charge in [-0.15, -0.1) is 0 Å². The SMILES string of the molecule is Cc1noc(CCNC(=O)N[C@H](C)COc2ccccc2F)n1. The van der Waals surface area contributed by atoms with E-state index >= 15 is 0 Å². The number of nitrogens with one attached hydrogen (secondary N) is 2. The molecular weight excluding hydrogens is 303 g/mol. The number of ether oxygens (including phenoxy) is 1. The maximum Gasteiger partial charge on any atom is 0.315 e. The molecule has 2 rings (SSSR count). The van der Waals surface area contributed by atoms with E-state index in [2.05, 4.69) is 20.8 Å². The first-order valence-electron chi connectivity index (χ1n) is 7.25. The normalized spacial score (nSPS) is 11.8. The summed E-state index contributed by atoms with van der Waals surface area (Å²) in [5.41, 5.74) is 0. The van der Waals surface area contributed by atoms with Gasteiger partial charge in [0.25, 0.3) is 0 Å². The zero-order valence-corrected chi connectivity index (χ0v) is 13.0. The standard InChI is InChI=1S/C15H19FN4O3/c1-10(9-22-13-6-4-3-5-12(13)16)18-15(21)17-8-7-14-19-11(2)20-23-14/h3-6,10H,7-9H2,1-2H3,(H2,17,18,21)/t10-/m1/s1. The van der Waals surface area contributed by atoms with Crippen LogP contribution in [0.15, 0.2) is 28.8 Å². The minimum Gasteiger partial charge on any atom is -0.488 e. The van der Waals surface area contributed by atoms with E-state index in [1.165, 1.54) is 12.1 Å². The molecule has 0 aliphatic rings. The van der Waals surface area contributed by atoms with E-state index in [4.69, 9.17) is 9.26 Å². The summed E-state index contributed by atoms with van der Waals surface area (Å²) in [6, 6.07) is 5.50. The molecule has 0 aliphatic carbocycles. The van der Waals surface area contributed by atoms with Gasteiger partial charge in [-0.05, 0) is 26.0 Å². The Labute approximate surface area is 133 Å². The topological polar surface area (TPSA) is 89.3 Å². The number of aromatic nitrogens is 2. The molecule has 0 bridgehead atoms. The number of hydrogen-bond acceptors (Lipinski definition) is 5. The summed E-state index contributed by atoms with van der Waals surface area (Å²) in [6.07, 6.45) is 0.453. The van der Waals surface area contributed by atoms with Crippen LogP contribution in [0.1, 0.15) is 18.6 Å². The lowest BCUT2D eigenvalue weighted by Gasteiger charge is -2.15. The van der Waals surface area contributed by atoms with Crippen LogP contribution in [0.5, 0.6) is 5.75 Å². The molecule has 124 valence electrons. The van der Waals surface area contributed by atoms with Crippen molar-refractivity contribution in [2.75, 3.05) is 13.2 Å². The van der Waals surface area contributed by atoms with Crippen LogP contribution in [-0.4, -0.2) is 35.4 Å². The molecule has 1 atom stereocenters. The number of hydrogen-bond donors (Lipinski definition) is 2. The van der Waals surface area contributed by atoms with E-state index in [0.29, 0.717) is 24.7 Å². The number of aryl methyl sites for hydroxylation is 1. The number of carbonyl (C=O) groups excluding carboxylic acids is 1. The molecule has 1 aromatic carbocycles. The molecule has 2 aromatic rings. The van der Waals surface area contributed by atoms with Gasteiger partial charge in [-0.1, -0.05) is 17.3 Å². The van der Waals surface area contributed by atoms with E-state index in [1.54, 1.807) is 26.0 Å². The molecule has 0 radical (unpaired) electrons. The molecule has 0 fully saturated rings. The van der Waals surface area contributed by atoms with Crippen LogP contribution >= 0.6 is 0 Å². The van der Waals surface area contributed by atoms with Gasteiger partial charge in [0.2, 0.25) is 5.89 Å². The summed E-state index contributed by atoms with van der Waals surface area (Å²) >= 11 is 0. The highest BCUT2D eigenvalue weighted by Crippen LogP contribution is 2.15. The Morgan fingerprint density at radius 2 is 2.22 bits per heavy atom. The molecular formula is C15H19FN4O3. The highest BCUT2D eigenvalue weighted by Gasteiger charge is 2.10. The number of benzene rings is 1. The Hall–Kier alpha value is -2.64. The Bertz CT molecular complexity index is 647. The molecule has 2 amide bonds. The predicted molar refractivity (Wildman–Crippen MR) is 80.6 cm³/mol. The third kappa shape index (κ3) is 5.57. The van der Waals surface area contributed by atoms with Crippen molar-refractivity contribution in [1.82, 2.24) is 20.8 Å². The van der Waals surface area contributed by atoms with E-state index in [0.717, 1.165) is 0 Å². The van der Waals surface area contributed by atoms with Gasteiger partial charge in [-0.2, -0.15) is 4.98 Å². The molecule has 23 heavy (non-hydrogen) atoms. The number of urea groups is 1. The molecule has 2 N–H and O–H groups in total. The summed E-state index contributed by atoms with van der Waals surface area (Å²) < 4.78 is 23.7. The van der Waals surface area contributed by atoms with Gasteiger partial charge >= 0.3 is 6.03 Å². The minimum atomic E-state index is -0.431. The minimum absolute atomic E-state index is 0.160. The van der Waals surface area contributed by atoms with Crippen molar-refractivity contribution >= 4 is 6.03 Å². The molecule has 1 heterocycles. The van der Waals surface area contributed by atoms with Crippen LogP contribution in [0.25, 0.3) is 0 Å². The van der Waals surface area contributed by atoms with Crippen molar-refractivity contribution in [3.8, 4) is 5.75 Å². The van der Waals surface area contributed by atoms with Crippen LogP contribution in [0.4, 0.5) is 9.18 Å². The fourth-order valence-electron chi connectivity index (χ4n) is 1.82. The van der Waals surface area contributed by atoms with Gasteiger partial charge in [0.05, 0.1) is 6.04 Å². The van der Waals surface area contributed by atoms with Gasteiger partial charge in [-0.25, -0.2) is 9.18 Å². The molecule has 0 aliphatic heterocycles. The fourth-order valence-corrected chi connectivity index (χ4v) is 1.82. The summed E-state index contributed by atoms with van der Waals surface area (Å²) in [4.78, 5) is 15.7. The molecule has 1 aromatic heterocycles. The highest BCUT2D eigenvalue weighted by molar-refractivity contribution is 5.74. The smallest absolute Gasteiger partial charge is 0.315 e. The van der Waals surface area contributed by atoms with Crippen LogP contribution in [0.3, 0.4) is 0 Å². The van der Waals surface area contributed by atoms with Gasteiger partial charge in [0, 0.05) is 13.0 Å². The summed E-state index contributed by atoms with van der Waals surface area (Å²) in [5, 5.41) is 9.03. The quantitative estimate of drug-likeness (QED) is 0.812. The van der Waals surface area contributed by atoms with Crippen molar-refractivity contribution in [2.45, 2.75) is 26.3 Å². The van der Waals surface area contributed by atoms with Crippen LogP contribution in [0, 0.1) is 12.7 Å². The summed E-state index contributed by atoms with van der Waals surface area (Å²) in [6.45, 7) is 4.03. The third-order valence-electron chi connectivity index (χ3n) is 2.90. The molecule has 7 nitrogen and oxygen atoms in total. The van der Waals surface area contributed by atoms with E-state index < -0.39 is 5.82 Å². The van der Waals surface area contributed by atoms with E-state index in [9.17, 15) is 9.18 Å². The second-order valence-corrected chi connectivity index (χ2v) is 5.03. The Balaban J connectivity index is 1.65.